The van der Waals surface area contributed by atoms with E-state index in [-0.39, 0.29) is 119 Å². The molecule has 0 amide bonds. The van der Waals surface area contributed by atoms with E-state index in [9.17, 15) is 30.0 Å². The fourth-order valence-electron chi connectivity index (χ4n) is 7.23. The van der Waals surface area contributed by atoms with Crippen LogP contribution in [0.1, 0.15) is 50.9 Å². The number of ketones is 1. The van der Waals surface area contributed by atoms with E-state index >= 15 is 0 Å². The molecule has 7 unspecified atom stereocenters. The van der Waals surface area contributed by atoms with Gasteiger partial charge in [-0.3, -0.25) is 4.79 Å². The van der Waals surface area contributed by atoms with Gasteiger partial charge in [0, 0.05) is 111 Å². The summed E-state index contributed by atoms with van der Waals surface area (Å²) in [6, 6.07) is 8.22. The fraction of sp³-hybridized carbons (Fsp3) is 0.630. The molecule has 2 bridgehead atoms. The summed E-state index contributed by atoms with van der Waals surface area (Å²) in [5.41, 5.74) is -5.74. The van der Waals surface area contributed by atoms with Gasteiger partial charge < -0.3 is 29.9 Å². The average Bonchev–Trinajstić information content (AvgIpc) is 2.83. The Morgan fingerprint density at radius 2 is 1.71 bits per heavy atom. The van der Waals surface area contributed by atoms with Crippen molar-refractivity contribution in [3.8, 4) is 0 Å². The number of benzene rings is 1. The summed E-state index contributed by atoms with van der Waals surface area (Å²) in [4.78, 5) is 27.5. The van der Waals surface area contributed by atoms with Gasteiger partial charge in [-0.05, 0) is 36.6 Å². The molecule has 5 rings (SSSR count). The molecule has 4 N–H and O–H groups in total. The minimum absolute atomic E-state index is 0. The maximum atomic E-state index is 14.1. The van der Waals surface area contributed by atoms with Crippen molar-refractivity contribution in [2.75, 3.05) is 6.61 Å². The van der Waals surface area contributed by atoms with Crippen molar-refractivity contribution < 1.29 is 128 Å². The summed E-state index contributed by atoms with van der Waals surface area (Å²) >= 11 is 6.82. The minimum atomic E-state index is -1.97. The summed E-state index contributed by atoms with van der Waals surface area (Å²) in [7, 11) is 0. The zero-order valence-electron chi connectivity index (χ0n) is 21.9. The number of carbonyl (C=O) groups excluding carboxylic acids is 2. The van der Waals surface area contributed by atoms with Crippen LogP contribution in [-0.2, 0) is 14.3 Å². The Morgan fingerprint density at radius 3 is 2.26 bits per heavy atom. The van der Waals surface area contributed by atoms with Crippen LogP contribution in [0, 0.1) is 105 Å². The molecular formula is C27H33Ac2ClO8. The van der Waals surface area contributed by atoms with Gasteiger partial charge in [0.15, 0.2) is 5.78 Å². The smallest absolute Gasteiger partial charge is 0.338 e. The van der Waals surface area contributed by atoms with E-state index < -0.39 is 69.5 Å². The summed E-state index contributed by atoms with van der Waals surface area (Å²) in [6.45, 7) is 6.33. The number of esters is 1. The first-order valence-electron chi connectivity index (χ1n) is 12.3. The molecular weight excluding hydrogens is 942 g/mol. The number of Topliss-reactive ketones (excluding diaryl/α,β-unsaturated/α-hetero) is 1. The predicted octanol–water partition coefficient (Wildman–Crippen LogP) is 1.76. The molecule has 1 heterocycles. The van der Waals surface area contributed by atoms with E-state index in [1.165, 1.54) is 0 Å². The first-order valence-corrected chi connectivity index (χ1v) is 12.7. The second-order valence-electron chi connectivity index (χ2n) is 11.6. The zero-order valence-corrected chi connectivity index (χ0v) is 32.2. The molecule has 2 radical (unpaired) electrons. The number of aliphatic hydroxyl groups is 4. The van der Waals surface area contributed by atoms with Crippen molar-refractivity contribution in [3.05, 3.63) is 47.0 Å². The normalized spacial score (nSPS) is 43.1. The molecule has 4 aliphatic rings. The summed E-state index contributed by atoms with van der Waals surface area (Å²) < 4.78 is 11.7. The molecule has 2 saturated carbocycles. The van der Waals surface area contributed by atoms with Gasteiger partial charge in [-0.25, -0.2) is 4.79 Å². The summed E-state index contributed by atoms with van der Waals surface area (Å²) in [5, 5.41) is 45.9. The van der Waals surface area contributed by atoms with Crippen LogP contribution in [0.3, 0.4) is 0 Å². The van der Waals surface area contributed by atoms with Crippen molar-refractivity contribution in [2.24, 2.45) is 16.7 Å². The Morgan fingerprint density at radius 1 is 1.11 bits per heavy atom. The van der Waals surface area contributed by atoms with Gasteiger partial charge >= 0.3 is 5.97 Å². The predicted molar refractivity (Wildman–Crippen MR) is 129 cm³/mol. The SMILES string of the molecule is CC1=C2C(O)C(=O)[C@]3(C)C(Cl)CC4OC[C@@]4(O)C3C(OC(=O)c3ccccc3)C(O)(CC1O)C2(C)C.[Ac].[Ac]. The first-order chi connectivity index (χ1) is 16.7. The number of ether oxygens (including phenoxy) is 2. The van der Waals surface area contributed by atoms with Crippen molar-refractivity contribution in [1.82, 2.24) is 0 Å². The third kappa shape index (κ3) is 4.54. The van der Waals surface area contributed by atoms with Gasteiger partial charge in [0.25, 0.3) is 0 Å². The first kappa shape index (κ1) is 33.6. The van der Waals surface area contributed by atoms with Crippen LogP contribution in [-0.4, -0.2) is 79.8 Å². The number of carbonyl (C=O) groups is 2. The van der Waals surface area contributed by atoms with Crippen molar-refractivity contribution >= 4 is 23.4 Å². The number of hydrogen-bond acceptors (Lipinski definition) is 8. The van der Waals surface area contributed by atoms with Gasteiger partial charge in [-0.15, -0.1) is 11.6 Å². The van der Waals surface area contributed by atoms with E-state index in [1.54, 1.807) is 58.0 Å². The van der Waals surface area contributed by atoms with Gasteiger partial charge in [-0.1, -0.05) is 39.0 Å². The third-order valence-corrected chi connectivity index (χ3v) is 10.2. The van der Waals surface area contributed by atoms with Crippen LogP contribution < -0.4 is 0 Å². The molecule has 0 aromatic heterocycles. The molecule has 202 valence electrons. The standard InChI is InChI=1S/C27H33ClO8.2Ac/c1-13-15(29)11-27(34)22(36-23(32)14-8-6-5-7-9-14)20-25(4,16(28)10-17-26(20,33)12-35-17)21(31)19(30)18(13)24(27,2)3;;/h5-9,15-17,19-20,22,29-30,33-34H,10-12H2,1-4H3;;/t15?,16?,17?,19?,20?,22?,25-,26+,27?;;/m1../s1. The van der Waals surface area contributed by atoms with Crippen LogP contribution in [0.15, 0.2) is 41.5 Å². The van der Waals surface area contributed by atoms with Gasteiger partial charge in [-0.2, -0.15) is 0 Å². The average molecular weight is 975 g/mol. The number of alkyl halides is 1. The fourth-order valence-corrected chi connectivity index (χ4v) is 7.63. The van der Waals surface area contributed by atoms with Crippen molar-refractivity contribution in [3.63, 3.8) is 0 Å². The number of hydrogen-bond donors (Lipinski definition) is 4. The third-order valence-electron chi connectivity index (χ3n) is 9.58. The Kier molecular flexibility index (Phi) is 9.98. The van der Waals surface area contributed by atoms with Crippen LogP contribution >= 0.6 is 11.6 Å². The van der Waals surface area contributed by atoms with E-state index in [1.807, 2.05) is 0 Å². The molecule has 1 aromatic rings. The van der Waals surface area contributed by atoms with E-state index in [0.29, 0.717) is 5.57 Å². The van der Waals surface area contributed by atoms with Gasteiger partial charge in [0.05, 0.1) is 29.8 Å². The molecule has 9 atom stereocenters. The number of halogens is 1. The Hall–Kier alpha value is 1.07. The maximum absolute atomic E-state index is 14.1. The minimum Gasteiger partial charge on any atom is -0.455 e. The number of aliphatic hydroxyl groups excluding tert-OH is 2. The molecule has 1 saturated heterocycles. The second kappa shape index (κ2) is 11.3. The van der Waals surface area contributed by atoms with Crippen LogP contribution in [0.4, 0.5) is 0 Å². The zero-order chi connectivity index (χ0) is 26.4. The molecule has 11 heteroatoms. The quantitative estimate of drug-likeness (QED) is 0.201. The Bertz CT molecular complexity index is 1150. The topological polar surface area (TPSA) is 134 Å². The number of fused-ring (bicyclic) bond motifs is 5. The molecule has 1 aliphatic heterocycles. The van der Waals surface area contributed by atoms with Crippen LogP contribution in [0.25, 0.3) is 0 Å². The van der Waals surface area contributed by atoms with E-state index in [2.05, 4.69) is 0 Å². The van der Waals surface area contributed by atoms with Crippen LogP contribution in [0.5, 0.6) is 0 Å². The molecule has 8 nitrogen and oxygen atoms in total. The van der Waals surface area contributed by atoms with E-state index in [0.717, 1.165) is 0 Å². The molecule has 1 aromatic carbocycles. The van der Waals surface area contributed by atoms with E-state index in [4.69, 9.17) is 21.1 Å². The number of rotatable bonds is 2. The molecule has 3 fully saturated rings. The van der Waals surface area contributed by atoms with Gasteiger partial charge in [0.1, 0.15) is 23.4 Å². The molecule has 0 spiro atoms. The van der Waals surface area contributed by atoms with Gasteiger partial charge in [0.2, 0.25) is 0 Å². The summed E-state index contributed by atoms with van der Waals surface area (Å²) in [5.74, 6) is -2.61. The van der Waals surface area contributed by atoms with Crippen molar-refractivity contribution in [1.29, 1.82) is 0 Å². The Labute approximate surface area is 299 Å². The summed E-state index contributed by atoms with van der Waals surface area (Å²) in [6.07, 6.45) is -5.17. The van der Waals surface area contributed by atoms with Crippen molar-refractivity contribution in [2.45, 2.75) is 81.5 Å². The second-order valence-corrected chi connectivity index (χ2v) is 12.1. The Balaban J connectivity index is 0.00000200. The maximum Gasteiger partial charge on any atom is 0.338 e. The molecule has 3 aliphatic carbocycles. The molecule has 38 heavy (non-hydrogen) atoms. The van der Waals surface area contributed by atoms with Crippen LogP contribution in [0.2, 0.25) is 0 Å². The monoisotopic (exact) mass is 974 g/mol. The largest absolute Gasteiger partial charge is 0.455 e.